The molecule has 2 rings (SSSR count). The first kappa shape index (κ1) is 15.4. The highest BCUT2D eigenvalue weighted by molar-refractivity contribution is 7.71. The number of aromatic nitrogens is 3. The molecule has 7 heteroatoms. The van der Waals surface area contributed by atoms with E-state index in [9.17, 15) is 0 Å². The number of methoxy groups -OCH3 is 1. The van der Waals surface area contributed by atoms with E-state index in [1.54, 1.807) is 18.4 Å². The summed E-state index contributed by atoms with van der Waals surface area (Å²) in [6.07, 6.45) is 2.01. The number of unbranched alkanes of at least 4 members (excludes halogenated alkanes) is 1. The van der Waals surface area contributed by atoms with Crippen LogP contribution in [0.1, 0.15) is 12.8 Å². The predicted octanol–water partition coefficient (Wildman–Crippen LogP) is 3.11. The molecule has 2 heterocycles. The van der Waals surface area contributed by atoms with Crippen molar-refractivity contribution in [1.82, 2.24) is 14.8 Å². The fourth-order valence-corrected chi connectivity index (χ4v) is 2.78. The molecular weight excluding hydrogens is 294 g/mol. The van der Waals surface area contributed by atoms with Gasteiger partial charge >= 0.3 is 0 Å². The molecule has 0 amide bonds. The topological polar surface area (TPSA) is 52.1 Å². The summed E-state index contributed by atoms with van der Waals surface area (Å²) in [4.78, 5) is 1.13. The summed E-state index contributed by atoms with van der Waals surface area (Å²) < 4.78 is 13.1. The largest absolute Gasteiger partial charge is 0.382 e. The zero-order valence-corrected chi connectivity index (χ0v) is 13.1. The van der Waals surface area contributed by atoms with Crippen LogP contribution in [0.3, 0.4) is 0 Å². The Balaban J connectivity index is 1.81. The molecule has 0 aliphatic carbocycles. The highest BCUT2D eigenvalue weighted by Crippen LogP contribution is 2.22. The molecule has 2 aromatic heterocycles. The molecule has 5 nitrogen and oxygen atoms in total. The predicted molar refractivity (Wildman–Crippen MR) is 82.7 cm³/mol. The first-order chi connectivity index (χ1) is 9.83. The number of hydrogen-bond donors (Lipinski definition) is 1. The van der Waals surface area contributed by atoms with Crippen molar-refractivity contribution in [1.29, 1.82) is 0 Å². The number of aromatic amines is 1. The first-order valence-electron chi connectivity index (χ1n) is 6.58. The minimum absolute atomic E-state index is 0.648. The van der Waals surface area contributed by atoms with Gasteiger partial charge < -0.3 is 9.47 Å². The third kappa shape index (κ3) is 4.24. The van der Waals surface area contributed by atoms with Crippen molar-refractivity contribution in [2.24, 2.45) is 0 Å². The van der Waals surface area contributed by atoms with Crippen molar-refractivity contribution in [2.75, 3.05) is 26.9 Å². The minimum atomic E-state index is 0.648. The number of nitrogens with one attached hydrogen (secondary N) is 1. The number of thiophene rings is 1. The van der Waals surface area contributed by atoms with Crippen molar-refractivity contribution in [3.63, 3.8) is 0 Å². The summed E-state index contributed by atoms with van der Waals surface area (Å²) in [7, 11) is 1.68. The summed E-state index contributed by atoms with van der Waals surface area (Å²) in [5.41, 5.74) is 0. The molecule has 2 aromatic rings. The lowest BCUT2D eigenvalue weighted by Crippen LogP contribution is -2.05. The second kappa shape index (κ2) is 8.31. The Morgan fingerprint density at radius 2 is 2.25 bits per heavy atom. The maximum absolute atomic E-state index is 5.44. The summed E-state index contributed by atoms with van der Waals surface area (Å²) in [5, 5.41) is 9.22. The molecule has 0 aliphatic heterocycles. The Kier molecular flexibility index (Phi) is 6.38. The quantitative estimate of drug-likeness (QED) is 0.571. The van der Waals surface area contributed by atoms with Crippen molar-refractivity contribution >= 4 is 23.6 Å². The van der Waals surface area contributed by atoms with Crippen LogP contribution in [0.2, 0.25) is 0 Å². The van der Waals surface area contributed by atoms with Crippen LogP contribution in [0.25, 0.3) is 10.7 Å². The van der Waals surface area contributed by atoms with E-state index < -0.39 is 0 Å². The number of ether oxygens (including phenoxy) is 2. The SMILES string of the molecule is COCCOCCCCn1c(-c2cccs2)n[nH]c1=S. The van der Waals surface area contributed by atoms with Crippen LogP contribution in [0.5, 0.6) is 0 Å². The molecule has 0 saturated heterocycles. The van der Waals surface area contributed by atoms with Gasteiger partial charge in [0.25, 0.3) is 0 Å². The van der Waals surface area contributed by atoms with Crippen molar-refractivity contribution in [3.05, 3.63) is 22.3 Å². The minimum Gasteiger partial charge on any atom is -0.382 e. The standard InChI is InChI=1S/C13H19N3O2S2/c1-17-8-9-18-7-3-2-6-16-12(14-15-13(16)19)11-5-4-10-20-11/h4-5,10H,2-3,6-9H2,1H3,(H,15,19). The van der Waals surface area contributed by atoms with Crippen LogP contribution in [0.4, 0.5) is 0 Å². The molecule has 0 atom stereocenters. The van der Waals surface area contributed by atoms with Crippen LogP contribution < -0.4 is 0 Å². The Labute approximate surface area is 127 Å². The molecule has 0 bridgehead atoms. The summed E-state index contributed by atoms with van der Waals surface area (Å²) in [5.74, 6) is 0.922. The number of rotatable bonds is 9. The van der Waals surface area contributed by atoms with Crippen molar-refractivity contribution < 1.29 is 9.47 Å². The number of H-pyrrole nitrogens is 1. The third-order valence-electron chi connectivity index (χ3n) is 2.85. The van der Waals surface area contributed by atoms with Gasteiger partial charge in [0, 0.05) is 20.3 Å². The van der Waals surface area contributed by atoms with Crippen molar-refractivity contribution in [3.8, 4) is 10.7 Å². The van der Waals surface area contributed by atoms with E-state index in [2.05, 4.69) is 20.8 Å². The van der Waals surface area contributed by atoms with Gasteiger partial charge in [-0.1, -0.05) is 6.07 Å². The van der Waals surface area contributed by atoms with Crippen LogP contribution in [-0.4, -0.2) is 41.7 Å². The van der Waals surface area contributed by atoms with E-state index in [1.165, 1.54) is 0 Å². The van der Waals surface area contributed by atoms with Crippen LogP contribution in [0, 0.1) is 4.77 Å². The lowest BCUT2D eigenvalue weighted by Gasteiger charge is -2.06. The molecule has 0 radical (unpaired) electrons. The molecule has 0 unspecified atom stereocenters. The zero-order valence-electron chi connectivity index (χ0n) is 11.5. The Bertz CT molecular complexity index is 548. The van der Waals surface area contributed by atoms with Gasteiger partial charge in [0.1, 0.15) is 0 Å². The fraction of sp³-hybridized carbons (Fsp3) is 0.538. The Morgan fingerprint density at radius 1 is 1.35 bits per heavy atom. The average Bonchev–Trinajstić information content (AvgIpc) is 3.08. The molecule has 0 aromatic carbocycles. The van der Waals surface area contributed by atoms with E-state index >= 15 is 0 Å². The maximum Gasteiger partial charge on any atom is 0.195 e. The molecule has 110 valence electrons. The van der Waals surface area contributed by atoms with Gasteiger partial charge in [-0.3, -0.25) is 9.67 Å². The van der Waals surface area contributed by atoms with Crippen LogP contribution in [-0.2, 0) is 16.0 Å². The molecular formula is C13H19N3O2S2. The van der Waals surface area contributed by atoms with Crippen molar-refractivity contribution in [2.45, 2.75) is 19.4 Å². The fourth-order valence-electron chi connectivity index (χ4n) is 1.84. The number of nitrogens with zero attached hydrogens (tertiary/aromatic N) is 2. The van der Waals surface area contributed by atoms with Gasteiger partial charge in [0.15, 0.2) is 10.6 Å². The molecule has 0 spiro atoms. The van der Waals surface area contributed by atoms with Crippen LogP contribution >= 0.6 is 23.6 Å². The second-order valence-corrected chi connectivity index (χ2v) is 5.63. The molecule has 0 saturated carbocycles. The summed E-state index contributed by atoms with van der Waals surface area (Å²) >= 11 is 6.95. The maximum atomic E-state index is 5.44. The Morgan fingerprint density at radius 3 is 3.00 bits per heavy atom. The van der Waals surface area contributed by atoms with E-state index in [1.807, 2.05) is 11.4 Å². The molecule has 20 heavy (non-hydrogen) atoms. The lowest BCUT2D eigenvalue weighted by atomic mass is 10.3. The zero-order chi connectivity index (χ0) is 14.2. The average molecular weight is 313 g/mol. The third-order valence-corrected chi connectivity index (χ3v) is 4.03. The summed E-state index contributed by atoms with van der Waals surface area (Å²) in [6, 6.07) is 4.08. The second-order valence-electron chi connectivity index (χ2n) is 4.29. The van der Waals surface area contributed by atoms with Gasteiger partial charge in [-0.25, -0.2) is 0 Å². The highest BCUT2D eigenvalue weighted by atomic mass is 32.1. The molecule has 0 fully saturated rings. The van der Waals surface area contributed by atoms with Gasteiger partial charge in [-0.05, 0) is 36.5 Å². The highest BCUT2D eigenvalue weighted by Gasteiger charge is 2.09. The van der Waals surface area contributed by atoms with Crippen LogP contribution in [0.15, 0.2) is 17.5 Å². The monoisotopic (exact) mass is 313 g/mol. The smallest absolute Gasteiger partial charge is 0.195 e. The normalized spacial score (nSPS) is 11.1. The number of hydrogen-bond acceptors (Lipinski definition) is 5. The van der Waals surface area contributed by atoms with E-state index in [4.69, 9.17) is 21.7 Å². The molecule has 1 N–H and O–H groups in total. The van der Waals surface area contributed by atoms with E-state index in [-0.39, 0.29) is 0 Å². The van der Waals surface area contributed by atoms with Gasteiger partial charge in [-0.15, -0.1) is 11.3 Å². The summed E-state index contributed by atoms with van der Waals surface area (Å²) in [6.45, 7) is 2.91. The van der Waals surface area contributed by atoms with Gasteiger partial charge in [0.2, 0.25) is 0 Å². The lowest BCUT2D eigenvalue weighted by molar-refractivity contribution is 0.0684. The van der Waals surface area contributed by atoms with Gasteiger partial charge in [-0.2, -0.15) is 5.10 Å². The van der Waals surface area contributed by atoms with E-state index in [0.717, 1.165) is 36.7 Å². The Hall–Kier alpha value is -1.02. The van der Waals surface area contributed by atoms with E-state index in [0.29, 0.717) is 18.0 Å². The molecule has 0 aliphatic rings. The first-order valence-corrected chi connectivity index (χ1v) is 7.87. The van der Waals surface area contributed by atoms with Gasteiger partial charge in [0.05, 0.1) is 18.1 Å².